The lowest BCUT2D eigenvalue weighted by atomic mass is 10.1. The van der Waals surface area contributed by atoms with Gasteiger partial charge in [-0.2, -0.15) is 0 Å². The second-order valence-electron chi connectivity index (χ2n) is 4.96. The molecule has 0 aliphatic carbocycles. The Morgan fingerprint density at radius 3 is 2.83 bits per heavy atom. The van der Waals surface area contributed by atoms with Gasteiger partial charge in [-0.3, -0.25) is 4.79 Å². The molecule has 2 heterocycles. The van der Waals surface area contributed by atoms with E-state index in [9.17, 15) is 14.0 Å². The Kier molecular flexibility index (Phi) is 4.40. The third kappa shape index (κ3) is 3.40. The molecule has 120 valence electrons. The molecule has 0 amide bonds. The molecule has 3 rings (SSSR count). The predicted octanol–water partition coefficient (Wildman–Crippen LogP) is 3.31. The Morgan fingerprint density at radius 1 is 1.30 bits per heavy atom. The number of Topliss-reactive ketones (excluding diaryl/α,β-unsaturated/α-hetero) is 1. The Labute approximate surface area is 135 Å². The first-order valence-electron chi connectivity index (χ1n) is 6.84. The average molecular weight is 336 g/mol. The fourth-order valence-corrected chi connectivity index (χ4v) is 3.01. The number of rotatable bonds is 4. The van der Waals surface area contributed by atoms with Crippen molar-refractivity contribution in [2.75, 3.05) is 6.79 Å². The van der Waals surface area contributed by atoms with Gasteiger partial charge in [0.15, 0.2) is 12.6 Å². The van der Waals surface area contributed by atoms with E-state index < -0.39 is 11.8 Å². The molecule has 0 atom stereocenters. The number of hydrogen-bond acceptors (Lipinski definition) is 6. The van der Waals surface area contributed by atoms with Crippen molar-refractivity contribution < 1.29 is 28.2 Å². The van der Waals surface area contributed by atoms with E-state index in [1.165, 1.54) is 25.1 Å². The third-order valence-electron chi connectivity index (χ3n) is 3.26. The van der Waals surface area contributed by atoms with Crippen molar-refractivity contribution >= 4 is 23.1 Å². The van der Waals surface area contributed by atoms with E-state index in [0.717, 1.165) is 11.3 Å². The highest BCUT2D eigenvalue weighted by molar-refractivity contribution is 7.15. The molecule has 7 heteroatoms. The standard InChI is InChI=1S/C16H13FO5S/c1-9(18)13-2-3-14(23-13)16(19)21-7-11-5-12(17)4-10-6-20-8-22-15(10)11/h2-5H,6-8H2,1H3. The van der Waals surface area contributed by atoms with Gasteiger partial charge in [0.05, 0.1) is 11.5 Å². The van der Waals surface area contributed by atoms with Gasteiger partial charge in [0.1, 0.15) is 23.1 Å². The molecule has 0 saturated heterocycles. The summed E-state index contributed by atoms with van der Waals surface area (Å²) in [6.07, 6.45) is 0. The summed E-state index contributed by atoms with van der Waals surface area (Å²) in [5.41, 5.74) is 1.03. The molecule has 1 aromatic heterocycles. The summed E-state index contributed by atoms with van der Waals surface area (Å²) in [6, 6.07) is 5.72. The minimum absolute atomic E-state index is 0.0759. The number of esters is 1. The zero-order valence-corrected chi connectivity index (χ0v) is 13.1. The molecule has 0 N–H and O–H groups in total. The van der Waals surface area contributed by atoms with Crippen LogP contribution < -0.4 is 4.74 Å². The van der Waals surface area contributed by atoms with Gasteiger partial charge in [0.25, 0.3) is 0 Å². The van der Waals surface area contributed by atoms with Crippen molar-refractivity contribution in [1.82, 2.24) is 0 Å². The number of carbonyl (C=O) groups is 2. The van der Waals surface area contributed by atoms with Crippen LogP contribution in [0, 0.1) is 5.82 Å². The Bertz CT molecular complexity index is 768. The van der Waals surface area contributed by atoms with Crippen LogP contribution in [0.3, 0.4) is 0 Å². The molecule has 2 aromatic rings. The van der Waals surface area contributed by atoms with Crippen LogP contribution in [0.2, 0.25) is 0 Å². The van der Waals surface area contributed by atoms with Gasteiger partial charge < -0.3 is 14.2 Å². The summed E-state index contributed by atoms with van der Waals surface area (Å²) in [7, 11) is 0. The maximum absolute atomic E-state index is 13.6. The van der Waals surface area contributed by atoms with Gasteiger partial charge in [0, 0.05) is 11.1 Å². The van der Waals surface area contributed by atoms with Crippen LogP contribution in [0.4, 0.5) is 4.39 Å². The summed E-state index contributed by atoms with van der Waals surface area (Å²) < 4.78 is 29.3. The van der Waals surface area contributed by atoms with E-state index in [2.05, 4.69) is 0 Å². The van der Waals surface area contributed by atoms with Crippen molar-refractivity contribution in [3.05, 3.63) is 51.0 Å². The van der Waals surface area contributed by atoms with Crippen LogP contribution >= 0.6 is 11.3 Å². The second kappa shape index (κ2) is 6.47. The van der Waals surface area contributed by atoms with E-state index in [4.69, 9.17) is 14.2 Å². The molecule has 0 bridgehead atoms. The average Bonchev–Trinajstić information content (AvgIpc) is 3.02. The molecule has 1 aliphatic heterocycles. The monoisotopic (exact) mass is 336 g/mol. The third-order valence-corrected chi connectivity index (χ3v) is 4.43. The van der Waals surface area contributed by atoms with Crippen molar-refractivity contribution in [2.24, 2.45) is 0 Å². The SMILES string of the molecule is CC(=O)c1ccc(C(=O)OCc2cc(F)cc3c2OCOC3)s1. The number of hydrogen-bond donors (Lipinski definition) is 0. The van der Waals surface area contributed by atoms with Crippen molar-refractivity contribution in [3.63, 3.8) is 0 Å². The molecular weight excluding hydrogens is 323 g/mol. The number of ketones is 1. The van der Waals surface area contributed by atoms with Crippen LogP contribution in [0.15, 0.2) is 24.3 Å². The van der Waals surface area contributed by atoms with Gasteiger partial charge >= 0.3 is 5.97 Å². The van der Waals surface area contributed by atoms with E-state index in [0.29, 0.717) is 26.6 Å². The van der Waals surface area contributed by atoms with E-state index in [1.807, 2.05) is 0 Å². The Balaban J connectivity index is 1.74. The summed E-state index contributed by atoms with van der Waals surface area (Å²) >= 11 is 1.07. The molecule has 0 unspecified atom stereocenters. The van der Waals surface area contributed by atoms with E-state index in [-0.39, 0.29) is 25.8 Å². The van der Waals surface area contributed by atoms with Crippen LogP contribution in [-0.2, 0) is 22.7 Å². The largest absolute Gasteiger partial charge is 0.467 e. The lowest BCUT2D eigenvalue weighted by Gasteiger charge is -2.20. The summed E-state index contributed by atoms with van der Waals surface area (Å²) in [6.45, 7) is 1.64. The maximum atomic E-state index is 13.6. The molecule has 0 fully saturated rings. The summed E-state index contributed by atoms with van der Waals surface area (Å²) in [5.74, 6) is -0.630. The predicted molar refractivity (Wildman–Crippen MR) is 80.1 cm³/mol. The van der Waals surface area contributed by atoms with Crippen LogP contribution in [0.1, 0.15) is 37.4 Å². The van der Waals surface area contributed by atoms with Gasteiger partial charge in [-0.1, -0.05) is 0 Å². The fraction of sp³-hybridized carbons (Fsp3) is 0.250. The Hall–Kier alpha value is -2.25. The first-order valence-corrected chi connectivity index (χ1v) is 7.66. The summed E-state index contributed by atoms with van der Waals surface area (Å²) in [4.78, 5) is 24.1. The lowest BCUT2D eigenvalue weighted by molar-refractivity contribution is -0.0182. The highest BCUT2D eigenvalue weighted by Gasteiger charge is 2.19. The molecule has 1 aromatic carbocycles. The number of fused-ring (bicyclic) bond motifs is 1. The smallest absolute Gasteiger partial charge is 0.348 e. The number of ether oxygens (including phenoxy) is 3. The van der Waals surface area contributed by atoms with Crippen molar-refractivity contribution in [1.29, 1.82) is 0 Å². The van der Waals surface area contributed by atoms with Gasteiger partial charge in [-0.25, -0.2) is 9.18 Å². The minimum Gasteiger partial charge on any atom is -0.467 e. The van der Waals surface area contributed by atoms with Crippen LogP contribution in [0.5, 0.6) is 5.75 Å². The van der Waals surface area contributed by atoms with Crippen LogP contribution in [0.25, 0.3) is 0 Å². The quantitative estimate of drug-likeness (QED) is 0.633. The van der Waals surface area contributed by atoms with E-state index >= 15 is 0 Å². The normalized spacial score (nSPS) is 13.1. The number of halogens is 1. The highest BCUT2D eigenvalue weighted by atomic mass is 32.1. The Morgan fingerprint density at radius 2 is 2.09 bits per heavy atom. The molecule has 23 heavy (non-hydrogen) atoms. The fourth-order valence-electron chi connectivity index (χ4n) is 2.22. The van der Waals surface area contributed by atoms with E-state index in [1.54, 1.807) is 6.07 Å². The number of benzene rings is 1. The van der Waals surface area contributed by atoms with Crippen molar-refractivity contribution in [3.8, 4) is 5.75 Å². The maximum Gasteiger partial charge on any atom is 0.348 e. The molecular formula is C16H13FO5S. The number of carbonyl (C=O) groups excluding carboxylic acids is 2. The molecule has 1 aliphatic rings. The first kappa shape index (κ1) is 15.6. The molecule has 5 nitrogen and oxygen atoms in total. The lowest BCUT2D eigenvalue weighted by Crippen LogP contribution is -2.14. The molecule has 0 radical (unpaired) electrons. The molecule has 0 saturated carbocycles. The zero-order valence-electron chi connectivity index (χ0n) is 12.3. The van der Waals surface area contributed by atoms with Gasteiger partial charge in [-0.05, 0) is 31.2 Å². The zero-order chi connectivity index (χ0) is 16.4. The topological polar surface area (TPSA) is 61.8 Å². The van der Waals surface area contributed by atoms with Crippen LogP contribution in [-0.4, -0.2) is 18.5 Å². The molecule has 0 spiro atoms. The first-order chi connectivity index (χ1) is 11.0. The minimum atomic E-state index is -0.562. The highest BCUT2D eigenvalue weighted by Crippen LogP contribution is 2.30. The van der Waals surface area contributed by atoms with Crippen molar-refractivity contribution in [2.45, 2.75) is 20.1 Å². The van der Waals surface area contributed by atoms with Gasteiger partial charge in [-0.15, -0.1) is 11.3 Å². The number of thiophene rings is 1. The van der Waals surface area contributed by atoms with Gasteiger partial charge in [0.2, 0.25) is 0 Å². The summed E-state index contributed by atoms with van der Waals surface area (Å²) in [5, 5.41) is 0. The second-order valence-corrected chi connectivity index (χ2v) is 6.04.